The van der Waals surface area contributed by atoms with Crippen molar-refractivity contribution in [2.45, 2.75) is 37.3 Å². The van der Waals surface area contributed by atoms with E-state index in [-0.39, 0.29) is 17.5 Å². The molecule has 10 heteroatoms. The van der Waals surface area contributed by atoms with Crippen molar-refractivity contribution >= 4 is 27.5 Å². The van der Waals surface area contributed by atoms with E-state index in [1.807, 2.05) is 12.1 Å². The third-order valence-corrected chi connectivity index (χ3v) is 7.81. The number of hydrogen-bond acceptors (Lipinski definition) is 5. The Bertz CT molecular complexity index is 1170. The number of rotatable bonds is 6. The number of benzene rings is 1. The third-order valence-electron chi connectivity index (χ3n) is 6.06. The van der Waals surface area contributed by atoms with Crippen molar-refractivity contribution in [2.75, 3.05) is 26.3 Å². The number of sulfonamides is 1. The van der Waals surface area contributed by atoms with Crippen LogP contribution in [-0.2, 0) is 21.2 Å². The Hall–Kier alpha value is -2.38. The van der Waals surface area contributed by atoms with Crippen LogP contribution < -0.4 is 4.72 Å². The number of aryl methyl sites for hydroxylation is 1. The summed E-state index contributed by atoms with van der Waals surface area (Å²) in [7, 11) is -3.94. The zero-order valence-electron chi connectivity index (χ0n) is 17.9. The van der Waals surface area contributed by atoms with E-state index in [0.717, 1.165) is 5.56 Å². The highest BCUT2D eigenvalue weighted by atomic mass is 35.5. The minimum absolute atomic E-state index is 0.0655. The van der Waals surface area contributed by atoms with Crippen LogP contribution in [0.1, 0.15) is 35.0 Å². The van der Waals surface area contributed by atoms with Gasteiger partial charge in [0.15, 0.2) is 0 Å². The number of carbonyl (C=O) groups excluding carboxylic acids is 1. The second-order valence-corrected chi connectivity index (χ2v) is 11.1. The minimum Gasteiger partial charge on any atom is -0.379 e. The van der Waals surface area contributed by atoms with Crippen molar-refractivity contribution in [2.24, 2.45) is 5.41 Å². The Morgan fingerprint density at radius 1 is 1.34 bits per heavy atom. The molecule has 32 heavy (non-hydrogen) atoms. The van der Waals surface area contributed by atoms with Gasteiger partial charge in [0.2, 0.25) is 0 Å². The molecular weight excluding hydrogens is 452 g/mol. The minimum atomic E-state index is -3.94. The fourth-order valence-corrected chi connectivity index (χ4v) is 5.87. The van der Waals surface area contributed by atoms with Crippen molar-refractivity contribution in [3.05, 3.63) is 52.2 Å². The van der Waals surface area contributed by atoms with Crippen LogP contribution >= 0.6 is 11.6 Å². The molecule has 2 saturated heterocycles. The lowest BCUT2D eigenvalue weighted by molar-refractivity contribution is 0.0368. The van der Waals surface area contributed by atoms with Gasteiger partial charge in [-0.2, -0.15) is 5.26 Å². The molecule has 0 aliphatic carbocycles. The van der Waals surface area contributed by atoms with Crippen molar-refractivity contribution in [3.63, 3.8) is 0 Å². The van der Waals surface area contributed by atoms with Gasteiger partial charge in [0.05, 0.1) is 29.2 Å². The predicted octanol–water partition coefficient (Wildman–Crippen LogP) is 2.64. The van der Waals surface area contributed by atoms with Crippen LogP contribution in [0.25, 0.3) is 0 Å². The highest BCUT2D eigenvalue weighted by Gasteiger charge is 2.43. The van der Waals surface area contributed by atoms with E-state index in [0.29, 0.717) is 48.8 Å². The summed E-state index contributed by atoms with van der Waals surface area (Å²) in [5, 5.41) is 9.71. The Labute approximate surface area is 192 Å². The average molecular weight is 477 g/mol. The van der Waals surface area contributed by atoms with Gasteiger partial charge in [0, 0.05) is 30.4 Å². The molecule has 2 aromatic rings. The molecule has 2 aliphatic heterocycles. The zero-order chi connectivity index (χ0) is 23.1. The smallest absolute Gasteiger partial charge is 0.256 e. The Balaban J connectivity index is 1.54. The molecule has 1 atom stereocenters. The maximum Gasteiger partial charge on any atom is 0.256 e. The van der Waals surface area contributed by atoms with Crippen molar-refractivity contribution < 1.29 is 17.9 Å². The standard InChI is InChI=1S/C22H25ClN4O4S/c1-15-18(20(28)27-12-21(2,11-24)13-27)9-19(25-15)32(29,30)26-22(7-8-31-14-22)10-16-3-5-17(23)6-4-16/h3-6,9,25-26H,7-8,10,12-14H2,1-2H3/t22-/m0/s1. The molecular formula is C22H25ClN4O4S. The molecule has 1 aromatic heterocycles. The lowest BCUT2D eigenvalue weighted by Gasteiger charge is -2.43. The summed E-state index contributed by atoms with van der Waals surface area (Å²) in [6.45, 7) is 4.82. The van der Waals surface area contributed by atoms with Gasteiger partial charge in [0.1, 0.15) is 5.03 Å². The lowest BCUT2D eigenvalue weighted by atomic mass is 9.83. The van der Waals surface area contributed by atoms with Crippen LogP contribution in [0.3, 0.4) is 0 Å². The third kappa shape index (κ3) is 4.41. The number of nitrogens with one attached hydrogen (secondary N) is 2. The van der Waals surface area contributed by atoms with E-state index in [1.165, 1.54) is 6.07 Å². The van der Waals surface area contributed by atoms with Crippen LogP contribution in [0.5, 0.6) is 0 Å². The van der Waals surface area contributed by atoms with Gasteiger partial charge in [-0.05, 0) is 50.5 Å². The van der Waals surface area contributed by atoms with Gasteiger partial charge in [0.25, 0.3) is 15.9 Å². The quantitative estimate of drug-likeness (QED) is 0.665. The molecule has 3 heterocycles. The van der Waals surface area contributed by atoms with E-state index in [9.17, 15) is 13.2 Å². The van der Waals surface area contributed by atoms with Crippen LogP contribution in [0.15, 0.2) is 35.4 Å². The number of amides is 1. The highest BCUT2D eigenvalue weighted by Crippen LogP contribution is 2.32. The molecule has 2 N–H and O–H groups in total. The second-order valence-electron chi connectivity index (χ2n) is 9.00. The lowest BCUT2D eigenvalue weighted by Crippen LogP contribution is -2.56. The molecule has 8 nitrogen and oxygen atoms in total. The van der Waals surface area contributed by atoms with Crippen LogP contribution in [0.2, 0.25) is 5.02 Å². The van der Waals surface area contributed by atoms with Gasteiger partial charge < -0.3 is 14.6 Å². The first-order valence-electron chi connectivity index (χ1n) is 10.3. The number of H-pyrrole nitrogens is 1. The van der Waals surface area contributed by atoms with Gasteiger partial charge >= 0.3 is 0 Å². The SMILES string of the molecule is Cc1[nH]c(S(=O)(=O)N[C@]2(Cc3ccc(Cl)cc3)CCOC2)cc1C(=O)N1CC(C)(C#N)C1. The van der Waals surface area contributed by atoms with Gasteiger partial charge in [-0.3, -0.25) is 4.79 Å². The van der Waals surface area contributed by atoms with Crippen molar-refractivity contribution in [1.29, 1.82) is 5.26 Å². The summed E-state index contributed by atoms with van der Waals surface area (Å²) < 4.78 is 34.8. The summed E-state index contributed by atoms with van der Waals surface area (Å²) in [5.74, 6) is -0.284. The maximum absolute atomic E-state index is 13.2. The summed E-state index contributed by atoms with van der Waals surface area (Å²) in [6, 6.07) is 10.9. The van der Waals surface area contributed by atoms with Crippen molar-refractivity contribution in [1.82, 2.24) is 14.6 Å². The highest BCUT2D eigenvalue weighted by molar-refractivity contribution is 7.89. The van der Waals surface area contributed by atoms with E-state index in [4.69, 9.17) is 21.6 Å². The molecule has 2 fully saturated rings. The van der Waals surface area contributed by atoms with Crippen LogP contribution in [-0.4, -0.2) is 56.1 Å². The largest absolute Gasteiger partial charge is 0.379 e. The molecule has 0 bridgehead atoms. The summed E-state index contributed by atoms with van der Waals surface area (Å²) in [4.78, 5) is 17.2. The van der Waals surface area contributed by atoms with E-state index in [1.54, 1.807) is 30.9 Å². The first-order valence-corrected chi connectivity index (χ1v) is 12.2. The van der Waals surface area contributed by atoms with E-state index in [2.05, 4.69) is 15.8 Å². The number of ether oxygens (including phenoxy) is 1. The number of hydrogen-bond donors (Lipinski definition) is 2. The maximum atomic E-state index is 13.2. The molecule has 0 spiro atoms. The Morgan fingerprint density at radius 2 is 2.03 bits per heavy atom. The molecule has 170 valence electrons. The number of carbonyl (C=O) groups is 1. The number of aromatic nitrogens is 1. The Morgan fingerprint density at radius 3 is 2.62 bits per heavy atom. The number of halogens is 1. The molecule has 1 amide bonds. The topological polar surface area (TPSA) is 115 Å². The van der Waals surface area contributed by atoms with Crippen LogP contribution in [0.4, 0.5) is 0 Å². The zero-order valence-corrected chi connectivity index (χ0v) is 19.5. The first kappa shape index (κ1) is 22.8. The van der Waals surface area contributed by atoms with Crippen LogP contribution in [0, 0.1) is 23.7 Å². The molecule has 2 aliphatic rings. The average Bonchev–Trinajstić information content (AvgIpc) is 3.33. The molecule has 1 aromatic carbocycles. The van der Waals surface area contributed by atoms with E-state index < -0.39 is 21.0 Å². The van der Waals surface area contributed by atoms with Gasteiger partial charge in [-0.15, -0.1) is 0 Å². The van der Waals surface area contributed by atoms with Crippen molar-refractivity contribution in [3.8, 4) is 6.07 Å². The second kappa shape index (κ2) is 8.19. The molecule has 0 saturated carbocycles. The summed E-state index contributed by atoms with van der Waals surface area (Å²) >= 11 is 5.97. The van der Waals surface area contributed by atoms with Gasteiger partial charge in [-0.25, -0.2) is 13.1 Å². The first-order chi connectivity index (χ1) is 15.0. The normalized spacial score (nSPS) is 22.4. The molecule has 0 radical (unpaired) electrons. The van der Waals surface area contributed by atoms with E-state index >= 15 is 0 Å². The summed E-state index contributed by atoms with van der Waals surface area (Å²) in [6.07, 6.45) is 0.982. The fourth-order valence-electron chi connectivity index (χ4n) is 4.27. The molecule has 0 unspecified atom stereocenters. The monoisotopic (exact) mass is 476 g/mol. The predicted molar refractivity (Wildman–Crippen MR) is 119 cm³/mol. The number of likely N-dealkylation sites (tertiary alicyclic amines) is 1. The Kier molecular flexibility index (Phi) is 5.84. The number of nitriles is 1. The van der Waals surface area contributed by atoms with Gasteiger partial charge in [-0.1, -0.05) is 23.7 Å². The summed E-state index contributed by atoms with van der Waals surface area (Å²) in [5.41, 5.74) is 0.365. The fraction of sp³-hybridized carbons (Fsp3) is 0.455. The number of aromatic amines is 1. The number of nitrogens with zero attached hydrogens (tertiary/aromatic N) is 2. The molecule has 4 rings (SSSR count).